The number of nitrogens with zero attached hydrogens (tertiary/aromatic N) is 2. The summed E-state index contributed by atoms with van der Waals surface area (Å²) in [5, 5.41) is 21.4. The van der Waals surface area contributed by atoms with Crippen molar-refractivity contribution in [3.8, 4) is 17.6 Å². The van der Waals surface area contributed by atoms with Gasteiger partial charge in [0.15, 0.2) is 0 Å². The Labute approximate surface area is 221 Å². The maximum atomic E-state index is 13.3. The number of aromatic nitrogens is 1. The third kappa shape index (κ3) is 6.98. The molecule has 194 valence electrons. The number of benzene rings is 2. The summed E-state index contributed by atoms with van der Waals surface area (Å²) < 4.78 is 18.7. The number of aliphatic hydroxyl groups is 1. The fourth-order valence-corrected chi connectivity index (χ4v) is 5.23. The molecule has 3 atom stereocenters. The van der Waals surface area contributed by atoms with E-state index in [4.69, 9.17) is 16.3 Å². The van der Waals surface area contributed by atoms with Crippen molar-refractivity contribution < 1.29 is 24.1 Å². The number of ether oxygens (including phenoxy) is 1. The van der Waals surface area contributed by atoms with E-state index in [0.717, 1.165) is 35.9 Å². The van der Waals surface area contributed by atoms with E-state index in [1.807, 2.05) is 24.3 Å². The molecule has 8 heteroatoms. The van der Waals surface area contributed by atoms with E-state index in [9.17, 15) is 19.4 Å². The summed E-state index contributed by atoms with van der Waals surface area (Å²) in [6.07, 6.45) is 3.17. The molecule has 0 radical (unpaired) electrons. The molecule has 2 heterocycles. The lowest BCUT2D eigenvalue weighted by Crippen LogP contribution is -2.41. The monoisotopic (exact) mass is 524 g/mol. The molecule has 0 amide bonds. The normalized spacial score (nSPS) is 18.7. The highest BCUT2D eigenvalue weighted by atomic mass is 35.5. The molecule has 1 aromatic heterocycles. The van der Waals surface area contributed by atoms with Crippen molar-refractivity contribution in [3.63, 3.8) is 0 Å². The summed E-state index contributed by atoms with van der Waals surface area (Å²) in [4.78, 5) is 18.1. The standard InChI is InChI=1S/C29H30ClFN2O4/c1-37-22-6-8-27-24(17-22)23(10-12-32-27)28(34)9-5-20-11-14-33(18-21(20)16-29(35)36)13-2-3-19-4-7-26(31)25(30)15-19/h4,6-8,10,12,15,17,20-21,28,34H,5,9,11,13-14,16,18H2,1H3,(H,35,36)/t20-,21+,28?/m1/s1. The van der Waals surface area contributed by atoms with Crippen molar-refractivity contribution in [1.82, 2.24) is 9.88 Å². The van der Waals surface area contributed by atoms with Gasteiger partial charge in [-0.1, -0.05) is 23.4 Å². The number of piperidine rings is 1. The first kappa shape index (κ1) is 26.9. The van der Waals surface area contributed by atoms with E-state index < -0.39 is 17.9 Å². The van der Waals surface area contributed by atoms with E-state index in [0.29, 0.717) is 30.8 Å². The minimum Gasteiger partial charge on any atom is -0.497 e. The molecule has 1 aliphatic rings. The molecule has 1 unspecified atom stereocenters. The summed E-state index contributed by atoms with van der Waals surface area (Å²) in [5.74, 6) is 5.65. The number of carboxylic acid groups (broad SMARTS) is 1. The summed E-state index contributed by atoms with van der Waals surface area (Å²) in [6, 6.07) is 11.8. The van der Waals surface area contributed by atoms with E-state index in [-0.39, 0.29) is 23.3 Å². The molecule has 6 nitrogen and oxygen atoms in total. The average Bonchev–Trinajstić information content (AvgIpc) is 2.89. The molecular weight excluding hydrogens is 495 g/mol. The van der Waals surface area contributed by atoms with Crippen LogP contribution in [0, 0.1) is 29.5 Å². The SMILES string of the molecule is COc1ccc2nccc(C(O)CC[C@@H]3CCN(CC#Cc4ccc(F)c(Cl)c4)C[C@@H]3CC(=O)O)c2c1. The Bertz CT molecular complexity index is 1320. The van der Waals surface area contributed by atoms with E-state index in [2.05, 4.69) is 21.7 Å². The minimum atomic E-state index is -0.823. The Morgan fingerprint density at radius 1 is 1.27 bits per heavy atom. The van der Waals surface area contributed by atoms with Crippen LogP contribution in [0.3, 0.4) is 0 Å². The number of aliphatic hydroxyl groups excluding tert-OH is 1. The number of hydrogen-bond donors (Lipinski definition) is 2. The first-order valence-electron chi connectivity index (χ1n) is 12.3. The fraction of sp³-hybridized carbons (Fsp3) is 0.379. The van der Waals surface area contributed by atoms with Crippen LogP contribution in [-0.2, 0) is 4.79 Å². The number of fused-ring (bicyclic) bond motifs is 1. The summed E-state index contributed by atoms with van der Waals surface area (Å²) in [7, 11) is 1.60. The van der Waals surface area contributed by atoms with Gasteiger partial charge in [-0.15, -0.1) is 0 Å². The fourth-order valence-electron chi connectivity index (χ4n) is 5.05. The number of aliphatic carboxylic acids is 1. The van der Waals surface area contributed by atoms with Gasteiger partial charge in [-0.2, -0.15) is 0 Å². The van der Waals surface area contributed by atoms with Crippen LogP contribution in [0.1, 0.15) is 42.9 Å². The van der Waals surface area contributed by atoms with Crippen molar-refractivity contribution in [1.29, 1.82) is 0 Å². The Hall–Kier alpha value is -3.18. The predicted molar refractivity (Wildman–Crippen MR) is 141 cm³/mol. The molecule has 2 aromatic carbocycles. The Balaban J connectivity index is 1.39. The van der Waals surface area contributed by atoms with Crippen LogP contribution >= 0.6 is 11.6 Å². The zero-order chi connectivity index (χ0) is 26.4. The van der Waals surface area contributed by atoms with Gasteiger partial charge in [-0.25, -0.2) is 4.39 Å². The lowest BCUT2D eigenvalue weighted by molar-refractivity contribution is -0.139. The number of carbonyl (C=O) groups is 1. The van der Waals surface area contributed by atoms with Gasteiger partial charge in [-0.05, 0) is 85.7 Å². The highest BCUT2D eigenvalue weighted by Gasteiger charge is 2.31. The van der Waals surface area contributed by atoms with Gasteiger partial charge in [0.1, 0.15) is 11.6 Å². The number of hydrogen-bond acceptors (Lipinski definition) is 5. The number of halogens is 2. The van der Waals surface area contributed by atoms with Crippen LogP contribution in [0.5, 0.6) is 5.75 Å². The van der Waals surface area contributed by atoms with Gasteiger partial charge < -0.3 is 14.9 Å². The maximum absolute atomic E-state index is 13.3. The topological polar surface area (TPSA) is 82.9 Å². The molecule has 3 aromatic rings. The molecule has 0 aliphatic carbocycles. The summed E-state index contributed by atoms with van der Waals surface area (Å²) in [6.45, 7) is 1.91. The van der Waals surface area contributed by atoms with Gasteiger partial charge >= 0.3 is 5.97 Å². The molecule has 1 saturated heterocycles. The Kier molecular flexibility index (Phi) is 8.99. The van der Waals surface area contributed by atoms with Gasteiger partial charge in [0.25, 0.3) is 0 Å². The molecule has 2 N–H and O–H groups in total. The predicted octanol–water partition coefficient (Wildman–Crippen LogP) is 5.31. The van der Waals surface area contributed by atoms with Gasteiger partial charge in [-0.3, -0.25) is 14.7 Å². The van der Waals surface area contributed by atoms with Crippen molar-refractivity contribution in [2.75, 3.05) is 26.7 Å². The van der Waals surface area contributed by atoms with Gasteiger partial charge in [0, 0.05) is 30.1 Å². The van der Waals surface area contributed by atoms with Crippen LogP contribution in [0.25, 0.3) is 10.9 Å². The third-order valence-corrected chi connectivity index (χ3v) is 7.31. The lowest BCUT2D eigenvalue weighted by Gasteiger charge is -2.37. The van der Waals surface area contributed by atoms with Crippen LogP contribution in [0.2, 0.25) is 5.02 Å². The van der Waals surface area contributed by atoms with Crippen molar-refractivity contribution in [2.24, 2.45) is 11.8 Å². The molecule has 4 rings (SSSR count). The van der Waals surface area contributed by atoms with Crippen molar-refractivity contribution in [2.45, 2.75) is 31.8 Å². The average molecular weight is 525 g/mol. The smallest absolute Gasteiger partial charge is 0.303 e. The number of methoxy groups -OCH3 is 1. The Morgan fingerprint density at radius 2 is 2.11 bits per heavy atom. The summed E-state index contributed by atoms with van der Waals surface area (Å²) in [5.41, 5.74) is 2.23. The third-order valence-electron chi connectivity index (χ3n) is 7.02. The second kappa shape index (κ2) is 12.4. The number of likely N-dealkylation sites (tertiary alicyclic amines) is 1. The quantitative estimate of drug-likeness (QED) is 0.388. The molecule has 0 spiro atoms. The Morgan fingerprint density at radius 3 is 2.86 bits per heavy atom. The largest absolute Gasteiger partial charge is 0.497 e. The first-order valence-corrected chi connectivity index (χ1v) is 12.7. The number of pyridine rings is 1. The maximum Gasteiger partial charge on any atom is 0.303 e. The first-order chi connectivity index (χ1) is 17.8. The van der Waals surface area contributed by atoms with E-state index in [1.165, 1.54) is 12.1 Å². The number of rotatable bonds is 8. The van der Waals surface area contributed by atoms with Crippen LogP contribution in [-0.4, -0.2) is 52.8 Å². The van der Waals surface area contributed by atoms with E-state index >= 15 is 0 Å². The van der Waals surface area contributed by atoms with E-state index in [1.54, 1.807) is 19.4 Å². The zero-order valence-electron chi connectivity index (χ0n) is 20.7. The van der Waals surface area contributed by atoms with Crippen molar-refractivity contribution >= 4 is 28.5 Å². The molecule has 1 aliphatic heterocycles. The lowest BCUT2D eigenvalue weighted by atomic mass is 9.79. The molecule has 0 bridgehead atoms. The van der Waals surface area contributed by atoms with Gasteiger partial charge in [0.05, 0.1) is 30.3 Å². The molecule has 1 fully saturated rings. The van der Waals surface area contributed by atoms with Gasteiger partial charge in [0.2, 0.25) is 0 Å². The minimum absolute atomic E-state index is 0.0326. The highest BCUT2D eigenvalue weighted by Crippen LogP contribution is 2.34. The molecular formula is C29H30ClFN2O4. The second-order valence-corrected chi connectivity index (χ2v) is 9.86. The number of carboxylic acids is 1. The molecule has 37 heavy (non-hydrogen) atoms. The van der Waals surface area contributed by atoms with Crippen LogP contribution < -0.4 is 4.74 Å². The van der Waals surface area contributed by atoms with Crippen LogP contribution in [0.4, 0.5) is 4.39 Å². The summed E-state index contributed by atoms with van der Waals surface area (Å²) >= 11 is 5.82. The highest BCUT2D eigenvalue weighted by molar-refractivity contribution is 6.30. The van der Waals surface area contributed by atoms with Crippen molar-refractivity contribution in [3.05, 3.63) is 70.6 Å². The zero-order valence-corrected chi connectivity index (χ0v) is 21.4. The second-order valence-electron chi connectivity index (χ2n) is 9.45. The van der Waals surface area contributed by atoms with Crippen LogP contribution in [0.15, 0.2) is 48.7 Å². The molecule has 0 saturated carbocycles.